The fourth-order valence-electron chi connectivity index (χ4n) is 10.5. The van der Waals surface area contributed by atoms with Crippen molar-refractivity contribution in [3.05, 3.63) is 291 Å². The molecule has 0 aliphatic heterocycles. The molecule has 0 atom stereocenters. The molecule has 73 heavy (non-hydrogen) atoms. The summed E-state index contributed by atoms with van der Waals surface area (Å²) >= 11 is 0. The molecule has 0 fully saturated rings. The highest BCUT2D eigenvalue weighted by molar-refractivity contribution is 6.19. The van der Waals surface area contributed by atoms with Gasteiger partial charge in [-0.1, -0.05) is 237 Å². The first-order chi connectivity index (χ1) is 36.2. The van der Waals surface area contributed by atoms with Crippen molar-refractivity contribution >= 4 is 66.8 Å². The molecule has 344 valence electrons. The Morgan fingerprint density at radius 3 is 1.14 bits per heavy atom. The average molecular weight is 933 g/mol. The van der Waals surface area contributed by atoms with E-state index >= 15 is 0 Å². The van der Waals surface area contributed by atoms with E-state index in [-0.39, 0.29) is 0 Å². The standard InChI is InChI=1S/C70H48N2O/c1-5-19-49(20-6-1)51-33-35-52(36-34-51)54-39-44-59(45-40-54)72(67-32-18-16-29-62(67)56-25-11-4-12-26-56)68-48-60(47-65-64-46-41-57-27-13-14-30-63(57)69(64)73-70(65)68)71(58-42-37-53(38-43-58)50-21-7-2-8-22-50)66-31-17-15-28-61(66)55-23-9-3-10-24-55/h1-48H. The lowest BCUT2D eigenvalue weighted by atomic mass is 9.98. The topological polar surface area (TPSA) is 19.6 Å². The third-order valence-electron chi connectivity index (χ3n) is 14.1. The van der Waals surface area contributed by atoms with E-state index in [9.17, 15) is 0 Å². The molecule has 0 saturated carbocycles. The molecule has 0 aliphatic carbocycles. The van der Waals surface area contributed by atoms with Crippen LogP contribution in [0.2, 0.25) is 0 Å². The highest BCUT2D eigenvalue weighted by Gasteiger charge is 2.27. The molecule has 1 heterocycles. The number of benzene rings is 12. The Balaban J connectivity index is 1.07. The first-order valence-corrected chi connectivity index (χ1v) is 24.9. The van der Waals surface area contributed by atoms with Gasteiger partial charge in [0.25, 0.3) is 0 Å². The molecule has 0 bridgehead atoms. The van der Waals surface area contributed by atoms with Crippen LogP contribution >= 0.6 is 0 Å². The molecule has 3 nitrogen and oxygen atoms in total. The Morgan fingerprint density at radius 1 is 0.219 bits per heavy atom. The largest absolute Gasteiger partial charge is 0.453 e. The summed E-state index contributed by atoms with van der Waals surface area (Å²) in [6, 6.07) is 105. The number of para-hydroxylation sites is 2. The van der Waals surface area contributed by atoms with E-state index in [1.165, 1.54) is 16.7 Å². The van der Waals surface area contributed by atoms with Crippen molar-refractivity contribution in [2.45, 2.75) is 0 Å². The minimum Gasteiger partial charge on any atom is -0.453 e. The maximum Gasteiger partial charge on any atom is 0.159 e. The number of hydrogen-bond acceptors (Lipinski definition) is 3. The smallest absolute Gasteiger partial charge is 0.159 e. The fraction of sp³-hybridized carbons (Fsp3) is 0. The van der Waals surface area contributed by atoms with Crippen LogP contribution in [0.25, 0.3) is 88.3 Å². The summed E-state index contributed by atoms with van der Waals surface area (Å²) in [4.78, 5) is 4.82. The molecule has 0 N–H and O–H groups in total. The Bertz CT molecular complexity index is 4040. The van der Waals surface area contributed by atoms with Crippen molar-refractivity contribution in [1.82, 2.24) is 0 Å². The molecule has 3 heteroatoms. The Kier molecular flexibility index (Phi) is 11.2. The van der Waals surface area contributed by atoms with Crippen molar-refractivity contribution < 1.29 is 4.42 Å². The van der Waals surface area contributed by atoms with Gasteiger partial charge in [-0.2, -0.15) is 0 Å². The van der Waals surface area contributed by atoms with Crippen LogP contribution < -0.4 is 9.80 Å². The van der Waals surface area contributed by atoms with Gasteiger partial charge in [0.2, 0.25) is 0 Å². The number of hydrogen-bond donors (Lipinski definition) is 0. The predicted molar refractivity (Wildman–Crippen MR) is 308 cm³/mol. The first-order valence-electron chi connectivity index (χ1n) is 24.9. The SMILES string of the molecule is c1ccc(-c2ccc(-c3ccc(N(c4ccccc4-c4ccccc4)c4cc(N(c5ccc(-c6ccccc6)cc5)c5ccccc5-c5ccccc5)cc5c4oc4c6ccccc6ccc54)cc3)cc2)cc1. The molecule has 0 unspecified atom stereocenters. The van der Waals surface area contributed by atoms with Crippen LogP contribution in [0.3, 0.4) is 0 Å². The second-order valence-corrected chi connectivity index (χ2v) is 18.4. The van der Waals surface area contributed by atoms with Gasteiger partial charge < -0.3 is 14.2 Å². The summed E-state index contributed by atoms with van der Waals surface area (Å²) in [6.07, 6.45) is 0. The molecule has 13 rings (SSSR count). The van der Waals surface area contributed by atoms with Crippen LogP contribution in [-0.4, -0.2) is 0 Å². The predicted octanol–water partition coefficient (Wildman–Crippen LogP) is 20.0. The van der Waals surface area contributed by atoms with E-state index in [1.54, 1.807) is 0 Å². The maximum absolute atomic E-state index is 7.35. The van der Waals surface area contributed by atoms with Gasteiger partial charge in [0.1, 0.15) is 5.58 Å². The van der Waals surface area contributed by atoms with Crippen LogP contribution in [0.1, 0.15) is 0 Å². The fourth-order valence-corrected chi connectivity index (χ4v) is 10.5. The number of anilines is 6. The lowest BCUT2D eigenvalue weighted by molar-refractivity contribution is 0.673. The maximum atomic E-state index is 7.35. The summed E-state index contributed by atoms with van der Waals surface area (Å²) in [7, 11) is 0. The van der Waals surface area contributed by atoms with Crippen LogP contribution in [-0.2, 0) is 0 Å². The summed E-state index contributed by atoms with van der Waals surface area (Å²) in [5.74, 6) is 0. The van der Waals surface area contributed by atoms with Crippen molar-refractivity contribution in [2.75, 3.05) is 9.80 Å². The van der Waals surface area contributed by atoms with E-state index in [0.29, 0.717) is 0 Å². The quantitative estimate of drug-likeness (QED) is 0.129. The van der Waals surface area contributed by atoms with E-state index in [4.69, 9.17) is 4.42 Å². The first kappa shape index (κ1) is 43.3. The van der Waals surface area contributed by atoms with Crippen LogP contribution in [0.15, 0.2) is 296 Å². The van der Waals surface area contributed by atoms with Gasteiger partial charge >= 0.3 is 0 Å². The number of rotatable bonds is 11. The summed E-state index contributed by atoms with van der Waals surface area (Å²) in [5.41, 5.74) is 19.2. The zero-order valence-corrected chi connectivity index (χ0v) is 40.0. The van der Waals surface area contributed by atoms with Crippen LogP contribution in [0.5, 0.6) is 0 Å². The molecule has 1 aromatic heterocycles. The summed E-state index contributed by atoms with van der Waals surface area (Å²) in [5, 5.41) is 4.28. The van der Waals surface area contributed by atoms with Crippen molar-refractivity contribution in [1.29, 1.82) is 0 Å². The molecule has 13 aromatic rings. The molecule has 12 aromatic carbocycles. The Morgan fingerprint density at radius 2 is 0.616 bits per heavy atom. The van der Waals surface area contributed by atoms with Crippen molar-refractivity contribution in [2.24, 2.45) is 0 Å². The Labute approximate surface area is 425 Å². The second kappa shape index (κ2) is 18.9. The third-order valence-corrected chi connectivity index (χ3v) is 14.1. The lowest BCUT2D eigenvalue weighted by Gasteiger charge is -2.31. The third kappa shape index (κ3) is 8.19. The molecule has 0 radical (unpaired) electrons. The molecule has 0 saturated heterocycles. The van der Waals surface area contributed by atoms with E-state index < -0.39 is 0 Å². The van der Waals surface area contributed by atoms with Crippen LogP contribution in [0, 0.1) is 0 Å². The zero-order valence-electron chi connectivity index (χ0n) is 40.0. The zero-order chi connectivity index (χ0) is 48.5. The molecular formula is C70H48N2O. The van der Waals surface area contributed by atoms with Crippen molar-refractivity contribution in [3.8, 4) is 55.6 Å². The lowest BCUT2D eigenvalue weighted by Crippen LogP contribution is -2.15. The van der Waals surface area contributed by atoms with Gasteiger partial charge in [-0.25, -0.2) is 0 Å². The molecule has 0 amide bonds. The van der Waals surface area contributed by atoms with Gasteiger partial charge in [0.05, 0.1) is 17.1 Å². The monoisotopic (exact) mass is 932 g/mol. The average Bonchev–Trinajstić information content (AvgIpc) is 3.86. The molecule has 0 aliphatic rings. The summed E-state index contributed by atoms with van der Waals surface area (Å²) in [6.45, 7) is 0. The van der Waals surface area contributed by atoms with Gasteiger partial charge in [-0.05, 0) is 104 Å². The minimum atomic E-state index is 0.800. The second-order valence-electron chi connectivity index (χ2n) is 18.4. The van der Waals surface area contributed by atoms with Gasteiger partial charge in [-0.3, -0.25) is 0 Å². The molecule has 0 spiro atoms. The number of furan rings is 1. The number of fused-ring (bicyclic) bond motifs is 5. The van der Waals surface area contributed by atoms with Gasteiger partial charge in [-0.15, -0.1) is 0 Å². The highest BCUT2D eigenvalue weighted by atomic mass is 16.3. The van der Waals surface area contributed by atoms with Crippen LogP contribution in [0.4, 0.5) is 34.1 Å². The number of nitrogens with zero attached hydrogens (tertiary/aromatic N) is 2. The highest BCUT2D eigenvalue weighted by Crippen LogP contribution is 2.51. The van der Waals surface area contributed by atoms with E-state index in [0.717, 1.165) is 106 Å². The normalized spacial score (nSPS) is 11.3. The molecular weight excluding hydrogens is 885 g/mol. The van der Waals surface area contributed by atoms with Gasteiger partial charge in [0.15, 0.2) is 5.58 Å². The van der Waals surface area contributed by atoms with Gasteiger partial charge in [0, 0.05) is 44.3 Å². The van der Waals surface area contributed by atoms with E-state index in [1.807, 2.05) is 0 Å². The minimum absolute atomic E-state index is 0.800. The van der Waals surface area contributed by atoms with Crippen molar-refractivity contribution in [3.63, 3.8) is 0 Å². The Hall–Kier alpha value is -9.70. The summed E-state index contributed by atoms with van der Waals surface area (Å²) < 4.78 is 7.35. The van der Waals surface area contributed by atoms with E-state index in [2.05, 4.69) is 301 Å².